The van der Waals surface area contributed by atoms with Gasteiger partial charge in [-0.05, 0) is 63.1 Å². The van der Waals surface area contributed by atoms with Gasteiger partial charge in [0.2, 0.25) is 11.8 Å². The molecular weight excluding hydrogens is 307 g/mol. The zero-order valence-electron chi connectivity index (χ0n) is 14.2. The minimum absolute atomic E-state index is 0.313. The maximum atomic E-state index is 13.2. The van der Waals surface area contributed by atoms with Gasteiger partial charge in [-0.25, -0.2) is 4.39 Å². The molecule has 24 heavy (non-hydrogen) atoms. The van der Waals surface area contributed by atoms with Gasteiger partial charge in [0.25, 0.3) is 0 Å². The van der Waals surface area contributed by atoms with E-state index in [-0.39, 0.29) is 0 Å². The number of aryl methyl sites for hydroxylation is 1. The highest BCUT2D eigenvalue weighted by atomic mass is 19.1. The molecule has 0 aromatic heterocycles. The number of carbonyl (C=O) groups is 2. The molecule has 2 N–H and O–H groups in total. The minimum atomic E-state index is -1.32. The molecule has 0 unspecified atom stereocenters. The maximum Gasteiger partial charge on any atom is 0.239 e. The predicted octanol–water partition coefficient (Wildman–Crippen LogP) is 4.05. The molecule has 0 heterocycles. The summed E-state index contributed by atoms with van der Waals surface area (Å²) in [5.74, 6) is -1.38. The molecule has 0 bridgehead atoms. The minimum Gasteiger partial charge on any atom is -0.325 e. The van der Waals surface area contributed by atoms with Crippen LogP contribution in [0.2, 0.25) is 0 Å². The van der Waals surface area contributed by atoms with Crippen molar-refractivity contribution < 1.29 is 14.0 Å². The van der Waals surface area contributed by atoms with Gasteiger partial charge >= 0.3 is 0 Å². The van der Waals surface area contributed by atoms with Gasteiger partial charge in [-0.1, -0.05) is 18.2 Å². The van der Waals surface area contributed by atoms with Gasteiger partial charge in [-0.15, -0.1) is 0 Å². The molecule has 2 amide bonds. The Bertz CT molecular complexity index is 785. The zero-order valence-corrected chi connectivity index (χ0v) is 14.2. The molecular formula is C19H21FN2O2. The zero-order chi connectivity index (χ0) is 17.9. The normalized spacial score (nSPS) is 11.0. The number of hydrogen-bond acceptors (Lipinski definition) is 2. The maximum absolute atomic E-state index is 13.2. The number of anilines is 2. The monoisotopic (exact) mass is 328 g/mol. The van der Waals surface area contributed by atoms with Gasteiger partial charge in [0.15, 0.2) is 0 Å². The molecule has 0 atom stereocenters. The van der Waals surface area contributed by atoms with Crippen LogP contribution in [0.25, 0.3) is 0 Å². The van der Waals surface area contributed by atoms with E-state index in [0.717, 1.165) is 11.1 Å². The fraction of sp³-hybridized carbons (Fsp3) is 0.263. The molecule has 0 spiro atoms. The second kappa shape index (κ2) is 6.83. The Hall–Kier alpha value is -2.69. The third kappa shape index (κ3) is 3.79. The van der Waals surface area contributed by atoms with Crippen LogP contribution in [0, 0.1) is 25.1 Å². The van der Waals surface area contributed by atoms with Crippen molar-refractivity contribution >= 4 is 23.2 Å². The summed E-state index contributed by atoms with van der Waals surface area (Å²) >= 11 is 0. The first-order valence-corrected chi connectivity index (χ1v) is 7.66. The topological polar surface area (TPSA) is 58.2 Å². The molecule has 0 saturated heterocycles. The number of benzene rings is 2. The molecule has 2 aromatic rings. The van der Waals surface area contributed by atoms with Gasteiger partial charge < -0.3 is 10.6 Å². The first-order chi connectivity index (χ1) is 11.2. The van der Waals surface area contributed by atoms with E-state index in [1.54, 1.807) is 12.1 Å². The van der Waals surface area contributed by atoms with E-state index in [9.17, 15) is 14.0 Å². The number of amides is 2. The smallest absolute Gasteiger partial charge is 0.239 e. The van der Waals surface area contributed by atoms with Crippen molar-refractivity contribution in [2.75, 3.05) is 10.6 Å². The highest BCUT2D eigenvalue weighted by molar-refractivity contribution is 6.14. The van der Waals surface area contributed by atoms with E-state index in [0.29, 0.717) is 11.4 Å². The number of halogens is 1. The predicted molar refractivity (Wildman–Crippen MR) is 93.4 cm³/mol. The fourth-order valence-electron chi connectivity index (χ4n) is 2.12. The van der Waals surface area contributed by atoms with Crippen LogP contribution in [0.1, 0.15) is 25.0 Å². The standard InChI is InChI=1S/C19H21FN2O2/c1-12-7-5-10-16(13(12)2)22-18(24)19(3,4)17(23)21-15-9-6-8-14(20)11-15/h5-11H,1-4H3,(H,21,23)(H,22,24). The lowest BCUT2D eigenvalue weighted by Gasteiger charge is -2.23. The van der Waals surface area contributed by atoms with Crippen LogP contribution in [-0.4, -0.2) is 11.8 Å². The van der Waals surface area contributed by atoms with E-state index in [4.69, 9.17) is 0 Å². The molecule has 0 aliphatic rings. The van der Waals surface area contributed by atoms with Crippen molar-refractivity contribution in [2.24, 2.45) is 5.41 Å². The van der Waals surface area contributed by atoms with E-state index in [1.165, 1.54) is 32.0 Å². The number of hydrogen-bond donors (Lipinski definition) is 2. The summed E-state index contributed by atoms with van der Waals surface area (Å²) in [7, 11) is 0. The molecule has 5 heteroatoms. The van der Waals surface area contributed by atoms with E-state index in [1.807, 2.05) is 26.0 Å². The third-order valence-electron chi connectivity index (χ3n) is 4.07. The van der Waals surface area contributed by atoms with Gasteiger partial charge in [0.05, 0.1) is 0 Å². The Balaban J connectivity index is 2.14. The van der Waals surface area contributed by atoms with Crippen molar-refractivity contribution in [3.8, 4) is 0 Å². The molecule has 0 fully saturated rings. The van der Waals surface area contributed by atoms with E-state index in [2.05, 4.69) is 10.6 Å². The highest BCUT2D eigenvalue weighted by Gasteiger charge is 2.36. The van der Waals surface area contributed by atoms with Crippen LogP contribution in [0.4, 0.5) is 15.8 Å². The second-order valence-corrected chi connectivity index (χ2v) is 6.29. The Labute approximate surface area is 141 Å². The lowest BCUT2D eigenvalue weighted by molar-refractivity contribution is -0.135. The van der Waals surface area contributed by atoms with Crippen molar-refractivity contribution in [1.29, 1.82) is 0 Å². The fourth-order valence-corrected chi connectivity index (χ4v) is 2.12. The lowest BCUT2D eigenvalue weighted by atomic mass is 9.90. The summed E-state index contributed by atoms with van der Waals surface area (Å²) in [6.07, 6.45) is 0. The number of nitrogens with one attached hydrogen (secondary N) is 2. The molecule has 0 saturated carbocycles. The summed E-state index contributed by atoms with van der Waals surface area (Å²) in [5.41, 5.74) is 1.67. The summed E-state index contributed by atoms with van der Waals surface area (Å²) < 4.78 is 13.2. The average Bonchev–Trinajstić information content (AvgIpc) is 2.51. The van der Waals surface area contributed by atoms with Gasteiger partial charge in [-0.2, -0.15) is 0 Å². The molecule has 4 nitrogen and oxygen atoms in total. The Kier molecular flexibility index (Phi) is 5.02. The molecule has 0 aliphatic carbocycles. The summed E-state index contributed by atoms with van der Waals surface area (Å²) in [4.78, 5) is 25.0. The quantitative estimate of drug-likeness (QED) is 0.832. The van der Waals surface area contributed by atoms with Gasteiger partial charge in [0.1, 0.15) is 11.2 Å². The molecule has 0 aliphatic heterocycles. The number of rotatable bonds is 4. The van der Waals surface area contributed by atoms with Crippen LogP contribution < -0.4 is 10.6 Å². The SMILES string of the molecule is Cc1cccc(NC(=O)C(C)(C)C(=O)Nc2cccc(F)c2)c1C. The highest BCUT2D eigenvalue weighted by Crippen LogP contribution is 2.24. The van der Waals surface area contributed by atoms with Gasteiger partial charge in [-0.3, -0.25) is 9.59 Å². The summed E-state index contributed by atoms with van der Waals surface area (Å²) in [6.45, 7) is 6.92. The van der Waals surface area contributed by atoms with E-state index < -0.39 is 23.0 Å². The Morgan fingerprint density at radius 2 is 1.58 bits per heavy atom. The Morgan fingerprint density at radius 1 is 0.958 bits per heavy atom. The first kappa shape index (κ1) is 17.7. The molecule has 0 radical (unpaired) electrons. The Morgan fingerprint density at radius 3 is 2.25 bits per heavy atom. The van der Waals surface area contributed by atoms with Crippen LogP contribution >= 0.6 is 0 Å². The van der Waals surface area contributed by atoms with Crippen molar-refractivity contribution in [3.05, 3.63) is 59.4 Å². The molecule has 2 aromatic carbocycles. The van der Waals surface area contributed by atoms with Crippen LogP contribution in [0.3, 0.4) is 0 Å². The summed E-state index contributed by atoms with van der Waals surface area (Å²) in [6, 6.07) is 11.1. The van der Waals surface area contributed by atoms with Crippen LogP contribution in [0.15, 0.2) is 42.5 Å². The van der Waals surface area contributed by atoms with Crippen molar-refractivity contribution in [1.82, 2.24) is 0 Å². The molecule has 126 valence electrons. The van der Waals surface area contributed by atoms with Crippen LogP contribution in [0.5, 0.6) is 0 Å². The largest absolute Gasteiger partial charge is 0.325 e. The lowest BCUT2D eigenvalue weighted by Crippen LogP contribution is -2.41. The number of carbonyl (C=O) groups excluding carboxylic acids is 2. The second-order valence-electron chi connectivity index (χ2n) is 6.29. The third-order valence-corrected chi connectivity index (χ3v) is 4.07. The van der Waals surface area contributed by atoms with Crippen LogP contribution in [-0.2, 0) is 9.59 Å². The average molecular weight is 328 g/mol. The van der Waals surface area contributed by atoms with Gasteiger partial charge in [0, 0.05) is 11.4 Å². The van der Waals surface area contributed by atoms with E-state index >= 15 is 0 Å². The first-order valence-electron chi connectivity index (χ1n) is 7.66. The summed E-state index contributed by atoms with van der Waals surface area (Å²) in [5, 5.41) is 5.37. The molecule has 2 rings (SSSR count). The van der Waals surface area contributed by atoms with Crippen molar-refractivity contribution in [2.45, 2.75) is 27.7 Å². The van der Waals surface area contributed by atoms with Crippen molar-refractivity contribution in [3.63, 3.8) is 0 Å².